The molecule has 41 heavy (non-hydrogen) atoms. The third kappa shape index (κ3) is 6.38. The van der Waals surface area contributed by atoms with Gasteiger partial charge in [-0.25, -0.2) is 5.01 Å². The number of fused-ring (bicyclic) bond motifs is 3. The van der Waals surface area contributed by atoms with Crippen LogP contribution in [0, 0.1) is 0 Å². The highest BCUT2D eigenvalue weighted by atomic mass is 16.5. The molecule has 8 nitrogen and oxygen atoms in total. The van der Waals surface area contributed by atoms with E-state index >= 15 is 0 Å². The molecule has 4 aromatic carbocycles. The lowest BCUT2D eigenvalue weighted by atomic mass is 9.92. The summed E-state index contributed by atoms with van der Waals surface area (Å²) in [6.45, 7) is 3.54. The second kappa shape index (κ2) is 12.4. The van der Waals surface area contributed by atoms with Gasteiger partial charge < -0.3 is 14.8 Å². The lowest BCUT2D eigenvalue weighted by Crippen LogP contribution is -2.54. The molecule has 1 unspecified atom stereocenters. The number of carbonyl (C=O) groups is 3. The van der Waals surface area contributed by atoms with Crippen LogP contribution in [0.4, 0.5) is 5.69 Å². The first-order chi connectivity index (χ1) is 19.9. The van der Waals surface area contributed by atoms with Crippen LogP contribution in [-0.2, 0) is 21.0 Å². The molecule has 0 spiro atoms. The first-order valence-electron chi connectivity index (χ1n) is 13.4. The summed E-state index contributed by atoms with van der Waals surface area (Å²) in [5.41, 5.74) is 7.01. The van der Waals surface area contributed by atoms with E-state index in [9.17, 15) is 14.4 Å². The van der Waals surface area contributed by atoms with Crippen molar-refractivity contribution in [3.05, 3.63) is 114 Å². The van der Waals surface area contributed by atoms with Crippen LogP contribution in [0.3, 0.4) is 0 Å². The quantitative estimate of drug-likeness (QED) is 0.306. The Labute approximate surface area is 238 Å². The maximum atomic E-state index is 13.4. The third-order valence-corrected chi connectivity index (χ3v) is 6.89. The Morgan fingerprint density at radius 3 is 2.15 bits per heavy atom. The highest BCUT2D eigenvalue weighted by Gasteiger charge is 2.33. The molecule has 2 atom stereocenters. The van der Waals surface area contributed by atoms with Gasteiger partial charge in [-0.05, 0) is 60.9 Å². The van der Waals surface area contributed by atoms with Crippen molar-refractivity contribution in [2.45, 2.75) is 32.4 Å². The summed E-state index contributed by atoms with van der Waals surface area (Å²) in [5.74, 6) is -0.580. The van der Waals surface area contributed by atoms with E-state index in [1.165, 1.54) is 5.01 Å². The molecule has 0 aromatic heterocycles. The lowest BCUT2D eigenvalue weighted by Gasteiger charge is -2.27. The number of rotatable bonds is 9. The van der Waals surface area contributed by atoms with Gasteiger partial charge in [0.05, 0.1) is 11.6 Å². The SMILES string of the molecule is CC1C(=O)N(NC(=O)[C@H](C)NC(=O)COc2ccc(OCc3ccccc3)cc2)c2ccccc2-c2ccccc21. The smallest absolute Gasteiger partial charge is 0.261 e. The van der Waals surface area contributed by atoms with E-state index in [2.05, 4.69) is 10.7 Å². The summed E-state index contributed by atoms with van der Waals surface area (Å²) in [7, 11) is 0. The minimum Gasteiger partial charge on any atom is -0.489 e. The molecule has 1 aliphatic rings. The number of carbonyl (C=O) groups excluding carboxylic acids is 3. The monoisotopic (exact) mass is 549 g/mol. The maximum Gasteiger partial charge on any atom is 0.261 e. The Bertz CT molecular complexity index is 1540. The van der Waals surface area contributed by atoms with E-state index in [-0.39, 0.29) is 12.5 Å². The summed E-state index contributed by atoms with van der Waals surface area (Å²) < 4.78 is 11.4. The summed E-state index contributed by atoms with van der Waals surface area (Å²) in [4.78, 5) is 39.1. The number of benzene rings is 4. The minimum absolute atomic E-state index is 0.270. The molecule has 0 saturated carbocycles. The average molecular weight is 550 g/mol. The van der Waals surface area contributed by atoms with Crippen LogP contribution in [0.15, 0.2) is 103 Å². The highest BCUT2D eigenvalue weighted by Crippen LogP contribution is 2.39. The number of hydrogen-bond donors (Lipinski definition) is 2. The maximum absolute atomic E-state index is 13.4. The zero-order chi connectivity index (χ0) is 28.8. The van der Waals surface area contributed by atoms with Crippen molar-refractivity contribution >= 4 is 23.4 Å². The van der Waals surface area contributed by atoms with Gasteiger partial charge in [-0.1, -0.05) is 72.8 Å². The highest BCUT2D eigenvalue weighted by molar-refractivity contribution is 6.06. The third-order valence-electron chi connectivity index (χ3n) is 6.89. The number of hydrazine groups is 1. The van der Waals surface area contributed by atoms with Crippen LogP contribution in [-0.4, -0.2) is 30.4 Å². The van der Waals surface area contributed by atoms with E-state index in [4.69, 9.17) is 9.47 Å². The van der Waals surface area contributed by atoms with Gasteiger partial charge in [0.25, 0.3) is 17.7 Å². The summed E-state index contributed by atoms with van der Waals surface area (Å²) in [6.07, 6.45) is 0. The minimum atomic E-state index is -0.916. The number of hydrogen-bond acceptors (Lipinski definition) is 5. The number of amides is 3. The normalized spacial score (nSPS) is 14.6. The van der Waals surface area contributed by atoms with Crippen LogP contribution in [0.2, 0.25) is 0 Å². The largest absolute Gasteiger partial charge is 0.489 e. The fourth-order valence-corrected chi connectivity index (χ4v) is 4.65. The van der Waals surface area contributed by atoms with Crippen molar-refractivity contribution in [1.29, 1.82) is 0 Å². The number of nitrogens with one attached hydrogen (secondary N) is 2. The van der Waals surface area contributed by atoms with Crippen molar-refractivity contribution in [1.82, 2.24) is 10.7 Å². The van der Waals surface area contributed by atoms with Gasteiger partial charge in [-0.15, -0.1) is 0 Å². The molecule has 8 heteroatoms. The van der Waals surface area contributed by atoms with Gasteiger partial charge in [0.1, 0.15) is 24.1 Å². The number of nitrogens with zero attached hydrogens (tertiary/aromatic N) is 1. The Morgan fingerprint density at radius 1 is 0.805 bits per heavy atom. The first-order valence-corrected chi connectivity index (χ1v) is 13.4. The van der Waals surface area contributed by atoms with E-state index in [0.717, 1.165) is 22.3 Å². The zero-order valence-corrected chi connectivity index (χ0v) is 22.9. The Kier molecular flexibility index (Phi) is 8.29. The molecule has 0 aliphatic carbocycles. The first kappa shape index (κ1) is 27.5. The number of para-hydroxylation sites is 1. The number of anilines is 1. The molecule has 2 N–H and O–H groups in total. The molecule has 208 valence electrons. The van der Waals surface area contributed by atoms with Crippen LogP contribution in [0.5, 0.6) is 11.5 Å². The molecule has 1 heterocycles. The molecule has 4 aromatic rings. The van der Waals surface area contributed by atoms with E-state index in [1.807, 2.05) is 79.7 Å². The fourth-order valence-electron chi connectivity index (χ4n) is 4.65. The van der Waals surface area contributed by atoms with Gasteiger partial charge in [0, 0.05) is 5.56 Å². The summed E-state index contributed by atoms with van der Waals surface area (Å²) in [5, 5.41) is 3.91. The average Bonchev–Trinajstić information content (AvgIpc) is 3.09. The number of ether oxygens (including phenoxy) is 2. The molecule has 3 amide bonds. The summed E-state index contributed by atoms with van der Waals surface area (Å²) >= 11 is 0. The van der Waals surface area contributed by atoms with E-state index < -0.39 is 23.8 Å². The molecule has 0 bridgehead atoms. The van der Waals surface area contributed by atoms with Crippen LogP contribution in [0.25, 0.3) is 11.1 Å². The molecule has 1 aliphatic heterocycles. The van der Waals surface area contributed by atoms with Gasteiger partial charge >= 0.3 is 0 Å². The lowest BCUT2D eigenvalue weighted by molar-refractivity contribution is -0.131. The van der Waals surface area contributed by atoms with Crippen molar-refractivity contribution in [2.75, 3.05) is 11.6 Å². The molecule has 0 fully saturated rings. The molecular weight excluding hydrogens is 518 g/mol. The van der Waals surface area contributed by atoms with E-state index in [1.54, 1.807) is 37.3 Å². The van der Waals surface area contributed by atoms with Gasteiger partial charge in [0.15, 0.2) is 6.61 Å². The fraction of sp³-hybridized carbons (Fsp3) is 0.182. The summed E-state index contributed by atoms with van der Waals surface area (Å²) in [6, 6.07) is 31.0. The van der Waals surface area contributed by atoms with Crippen molar-refractivity contribution in [3.8, 4) is 22.6 Å². The van der Waals surface area contributed by atoms with Crippen molar-refractivity contribution in [3.63, 3.8) is 0 Å². The van der Waals surface area contributed by atoms with Gasteiger partial charge in [-0.2, -0.15) is 0 Å². The topological polar surface area (TPSA) is 97.0 Å². The zero-order valence-electron chi connectivity index (χ0n) is 22.9. The predicted octanol–water partition coefficient (Wildman–Crippen LogP) is 5.00. The predicted molar refractivity (Wildman–Crippen MR) is 156 cm³/mol. The molecule has 5 rings (SSSR count). The van der Waals surface area contributed by atoms with Gasteiger partial charge in [-0.3, -0.25) is 19.8 Å². The molecule has 0 saturated heterocycles. The van der Waals surface area contributed by atoms with Crippen LogP contribution < -0.4 is 25.2 Å². The van der Waals surface area contributed by atoms with Crippen molar-refractivity contribution in [2.24, 2.45) is 0 Å². The molecular formula is C33H31N3O5. The van der Waals surface area contributed by atoms with Crippen LogP contribution in [0.1, 0.15) is 30.9 Å². The Balaban J connectivity index is 1.16. The Morgan fingerprint density at radius 2 is 1.41 bits per heavy atom. The van der Waals surface area contributed by atoms with Crippen molar-refractivity contribution < 1.29 is 23.9 Å². The standard InChI is InChI=1S/C33H31N3O5/c1-22-27-12-6-7-13-28(27)29-14-8-9-15-30(29)36(33(22)39)35-32(38)23(2)34-31(37)21-41-26-18-16-25(17-19-26)40-20-24-10-4-3-5-11-24/h3-19,22-23H,20-21H2,1-2H3,(H,34,37)(H,35,38)/t22?,23-/m0/s1. The van der Waals surface area contributed by atoms with Crippen LogP contribution >= 0.6 is 0 Å². The second-order valence-corrected chi connectivity index (χ2v) is 9.80. The molecule has 0 radical (unpaired) electrons. The van der Waals surface area contributed by atoms with Gasteiger partial charge in [0.2, 0.25) is 0 Å². The second-order valence-electron chi connectivity index (χ2n) is 9.80. The van der Waals surface area contributed by atoms with E-state index in [0.29, 0.717) is 23.8 Å². The Hall–Kier alpha value is -5.11.